The highest BCUT2D eigenvalue weighted by Gasteiger charge is 2.42. The molecule has 0 amide bonds. The fourth-order valence-electron chi connectivity index (χ4n) is 3.82. The van der Waals surface area contributed by atoms with Crippen molar-refractivity contribution in [3.8, 4) is 0 Å². The molecule has 1 aromatic carbocycles. The van der Waals surface area contributed by atoms with E-state index in [0.29, 0.717) is 0 Å². The third kappa shape index (κ3) is 2.96. The van der Waals surface area contributed by atoms with E-state index in [9.17, 15) is 0 Å². The SMILES string of the molecule is COCc1ccc(CN2CCC3(CC2)OCc2ccccc23)s1. The molecule has 0 aliphatic carbocycles. The highest BCUT2D eigenvalue weighted by molar-refractivity contribution is 7.11. The Morgan fingerprint density at radius 2 is 1.91 bits per heavy atom. The number of likely N-dealkylation sites (tertiary alicyclic amines) is 1. The molecule has 3 heterocycles. The topological polar surface area (TPSA) is 21.7 Å². The molecule has 3 nitrogen and oxygen atoms in total. The molecule has 1 fully saturated rings. The molecule has 4 heteroatoms. The van der Waals surface area contributed by atoms with Gasteiger partial charge in [-0.25, -0.2) is 0 Å². The van der Waals surface area contributed by atoms with Crippen LogP contribution in [-0.4, -0.2) is 25.1 Å². The quantitative estimate of drug-likeness (QED) is 0.849. The highest BCUT2D eigenvalue weighted by Crippen LogP contribution is 2.44. The van der Waals surface area contributed by atoms with Gasteiger partial charge in [0.15, 0.2) is 0 Å². The molecule has 122 valence electrons. The van der Waals surface area contributed by atoms with Crippen LogP contribution in [0.3, 0.4) is 0 Å². The normalized spacial score (nSPS) is 20.0. The van der Waals surface area contributed by atoms with Gasteiger partial charge in [0.1, 0.15) is 0 Å². The van der Waals surface area contributed by atoms with Gasteiger partial charge < -0.3 is 9.47 Å². The second-order valence-corrected chi connectivity index (χ2v) is 7.77. The van der Waals surface area contributed by atoms with E-state index >= 15 is 0 Å². The van der Waals surface area contributed by atoms with Crippen LogP contribution in [0.15, 0.2) is 36.4 Å². The molecule has 2 aromatic rings. The van der Waals surface area contributed by atoms with Crippen molar-refractivity contribution in [2.24, 2.45) is 0 Å². The van der Waals surface area contributed by atoms with Crippen LogP contribution >= 0.6 is 11.3 Å². The number of nitrogens with zero attached hydrogens (tertiary/aromatic N) is 1. The number of thiophene rings is 1. The third-order valence-electron chi connectivity index (χ3n) is 5.06. The first-order valence-electron chi connectivity index (χ1n) is 8.30. The molecule has 1 saturated heterocycles. The van der Waals surface area contributed by atoms with Crippen molar-refractivity contribution >= 4 is 11.3 Å². The molecule has 0 saturated carbocycles. The lowest BCUT2D eigenvalue weighted by atomic mass is 9.84. The molecule has 0 radical (unpaired) electrons. The highest BCUT2D eigenvalue weighted by atomic mass is 32.1. The van der Waals surface area contributed by atoms with Crippen LogP contribution < -0.4 is 0 Å². The van der Waals surface area contributed by atoms with Gasteiger partial charge in [0, 0.05) is 36.5 Å². The number of rotatable bonds is 4. The minimum Gasteiger partial charge on any atom is -0.379 e. The summed E-state index contributed by atoms with van der Waals surface area (Å²) in [7, 11) is 1.75. The Morgan fingerprint density at radius 1 is 1.13 bits per heavy atom. The zero-order chi connectivity index (χ0) is 15.7. The van der Waals surface area contributed by atoms with E-state index < -0.39 is 0 Å². The van der Waals surface area contributed by atoms with Crippen molar-refractivity contribution < 1.29 is 9.47 Å². The molecule has 0 bridgehead atoms. The number of fused-ring (bicyclic) bond motifs is 2. The van der Waals surface area contributed by atoms with Crippen molar-refractivity contribution in [1.82, 2.24) is 4.90 Å². The average molecular weight is 329 g/mol. The first-order chi connectivity index (χ1) is 11.3. The largest absolute Gasteiger partial charge is 0.379 e. The van der Waals surface area contributed by atoms with Gasteiger partial charge in [-0.15, -0.1) is 11.3 Å². The van der Waals surface area contributed by atoms with Gasteiger partial charge in [-0.3, -0.25) is 4.90 Å². The van der Waals surface area contributed by atoms with E-state index in [2.05, 4.69) is 41.3 Å². The zero-order valence-electron chi connectivity index (χ0n) is 13.6. The Morgan fingerprint density at radius 3 is 2.74 bits per heavy atom. The van der Waals surface area contributed by atoms with Crippen LogP contribution in [0, 0.1) is 0 Å². The van der Waals surface area contributed by atoms with Crippen LogP contribution in [-0.2, 0) is 34.8 Å². The van der Waals surface area contributed by atoms with Crippen LogP contribution in [0.5, 0.6) is 0 Å². The fourth-order valence-corrected chi connectivity index (χ4v) is 4.85. The predicted octanol–water partition coefficient (Wildman–Crippen LogP) is 3.92. The molecular weight excluding hydrogens is 306 g/mol. The lowest BCUT2D eigenvalue weighted by molar-refractivity contribution is -0.0798. The van der Waals surface area contributed by atoms with E-state index in [1.165, 1.54) is 20.9 Å². The third-order valence-corrected chi connectivity index (χ3v) is 6.10. The standard InChI is InChI=1S/C19H23NO2S/c1-21-14-17-7-6-16(23-17)12-20-10-8-19(9-11-20)18-5-3-2-4-15(18)13-22-19/h2-7H,8-14H2,1H3. The van der Waals surface area contributed by atoms with Crippen molar-refractivity contribution in [3.63, 3.8) is 0 Å². The average Bonchev–Trinajstić information content (AvgIpc) is 3.16. The number of hydrogen-bond acceptors (Lipinski definition) is 4. The lowest BCUT2D eigenvalue weighted by Crippen LogP contribution is -2.41. The van der Waals surface area contributed by atoms with Crippen LogP contribution in [0.1, 0.15) is 33.7 Å². The molecule has 0 unspecified atom stereocenters. The summed E-state index contributed by atoms with van der Waals surface area (Å²) in [6.45, 7) is 4.75. The summed E-state index contributed by atoms with van der Waals surface area (Å²) in [6, 6.07) is 13.2. The molecule has 1 aromatic heterocycles. The maximum Gasteiger partial charge on any atom is 0.0963 e. The van der Waals surface area contributed by atoms with Crippen molar-refractivity contribution in [1.29, 1.82) is 0 Å². The van der Waals surface area contributed by atoms with E-state index in [1.807, 2.05) is 11.3 Å². The molecule has 4 rings (SSSR count). The maximum absolute atomic E-state index is 6.25. The van der Waals surface area contributed by atoms with E-state index in [4.69, 9.17) is 9.47 Å². The van der Waals surface area contributed by atoms with Gasteiger partial charge in [-0.05, 0) is 36.1 Å². The second kappa shape index (κ2) is 6.36. The summed E-state index contributed by atoms with van der Waals surface area (Å²) in [5.74, 6) is 0. The Balaban J connectivity index is 1.40. The van der Waals surface area contributed by atoms with Gasteiger partial charge >= 0.3 is 0 Å². The summed E-state index contributed by atoms with van der Waals surface area (Å²) < 4.78 is 11.5. The minimum absolute atomic E-state index is 0.0241. The Bertz CT molecular complexity index is 674. The number of benzene rings is 1. The summed E-state index contributed by atoms with van der Waals surface area (Å²) in [5.41, 5.74) is 2.78. The number of methoxy groups -OCH3 is 1. The smallest absolute Gasteiger partial charge is 0.0963 e. The van der Waals surface area contributed by atoms with Gasteiger partial charge in [-0.2, -0.15) is 0 Å². The van der Waals surface area contributed by atoms with Gasteiger partial charge in [0.25, 0.3) is 0 Å². The maximum atomic E-state index is 6.25. The van der Waals surface area contributed by atoms with E-state index in [1.54, 1.807) is 7.11 Å². The monoisotopic (exact) mass is 329 g/mol. The van der Waals surface area contributed by atoms with E-state index in [0.717, 1.165) is 45.7 Å². The van der Waals surface area contributed by atoms with Gasteiger partial charge in [0.2, 0.25) is 0 Å². The second-order valence-electron chi connectivity index (χ2n) is 6.52. The van der Waals surface area contributed by atoms with Crippen LogP contribution in [0.25, 0.3) is 0 Å². The molecule has 0 N–H and O–H groups in total. The van der Waals surface area contributed by atoms with Crippen molar-refractivity contribution in [2.45, 2.75) is 38.2 Å². The first kappa shape index (κ1) is 15.3. The van der Waals surface area contributed by atoms with Crippen LogP contribution in [0.4, 0.5) is 0 Å². The first-order valence-corrected chi connectivity index (χ1v) is 9.12. The van der Waals surface area contributed by atoms with Crippen molar-refractivity contribution in [2.75, 3.05) is 20.2 Å². The fraction of sp³-hybridized carbons (Fsp3) is 0.474. The summed E-state index contributed by atoms with van der Waals surface area (Å²) in [5, 5.41) is 0. The molecule has 23 heavy (non-hydrogen) atoms. The Hall–Kier alpha value is -1.20. The minimum atomic E-state index is -0.0241. The van der Waals surface area contributed by atoms with Gasteiger partial charge in [0.05, 0.1) is 18.8 Å². The van der Waals surface area contributed by atoms with Crippen molar-refractivity contribution in [3.05, 3.63) is 57.3 Å². The Labute approximate surface area is 141 Å². The number of piperidine rings is 1. The number of ether oxygens (including phenoxy) is 2. The summed E-state index contributed by atoms with van der Waals surface area (Å²) in [4.78, 5) is 5.29. The van der Waals surface area contributed by atoms with E-state index in [-0.39, 0.29) is 5.60 Å². The van der Waals surface area contributed by atoms with Gasteiger partial charge in [-0.1, -0.05) is 24.3 Å². The predicted molar refractivity (Wildman–Crippen MR) is 92.5 cm³/mol. The van der Waals surface area contributed by atoms with Crippen LogP contribution in [0.2, 0.25) is 0 Å². The molecule has 0 atom stereocenters. The molecule has 2 aliphatic rings. The molecule has 1 spiro atoms. The molecule has 2 aliphatic heterocycles. The Kier molecular flexibility index (Phi) is 4.24. The summed E-state index contributed by atoms with van der Waals surface area (Å²) >= 11 is 1.87. The summed E-state index contributed by atoms with van der Waals surface area (Å²) in [6.07, 6.45) is 2.20. The molecular formula is C19H23NO2S. The zero-order valence-corrected chi connectivity index (χ0v) is 14.4. The number of hydrogen-bond donors (Lipinski definition) is 0. The lowest BCUT2D eigenvalue weighted by Gasteiger charge is -2.39.